The summed E-state index contributed by atoms with van der Waals surface area (Å²) in [6, 6.07) is 12.7. The molecule has 0 saturated carbocycles. The van der Waals surface area contributed by atoms with E-state index in [0.29, 0.717) is 0 Å². The van der Waals surface area contributed by atoms with Gasteiger partial charge in [-0.15, -0.1) is 23.5 Å². The molecule has 0 aromatic heterocycles. The number of hydrogen-bond donors (Lipinski definition) is 0. The fraction of sp³-hybridized carbons (Fsp3) is 0.333. The van der Waals surface area contributed by atoms with Gasteiger partial charge in [0.15, 0.2) is 0 Å². The summed E-state index contributed by atoms with van der Waals surface area (Å²) in [7, 11) is 3.44. The number of rotatable bonds is 8. The van der Waals surface area contributed by atoms with Crippen molar-refractivity contribution in [2.75, 3.05) is 25.7 Å². The van der Waals surface area contributed by atoms with Crippen LogP contribution in [0.2, 0.25) is 0 Å². The SMILES string of the molecule is CCSc1ccc(Sc2ccc(SCC)cc2OC)c(OC)c1. The van der Waals surface area contributed by atoms with Crippen LogP contribution >= 0.6 is 35.3 Å². The maximum atomic E-state index is 5.56. The molecule has 2 rings (SSSR count). The van der Waals surface area contributed by atoms with Crippen molar-refractivity contribution in [2.45, 2.75) is 33.4 Å². The monoisotopic (exact) mass is 366 g/mol. The Kier molecular flexibility index (Phi) is 7.53. The van der Waals surface area contributed by atoms with E-state index in [2.05, 4.69) is 50.2 Å². The zero-order chi connectivity index (χ0) is 16.7. The molecule has 0 radical (unpaired) electrons. The molecule has 0 N–H and O–H groups in total. The summed E-state index contributed by atoms with van der Waals surface area (Å²) in [4.78, 5) is 4.66. The largest absolute Gasteiger partial charge is 0.496 e. The van der Waals surface area contributed by atoms with Crippen LogP contribution in [0, 0.1) is 0 Å². The molecule has 2 aromatic rings. The summed E-state index contributed by atoms with van der Waals surface area (Å²) in [5.74, 6) is 3.92. The Balaban J connectivity index is 2.27. The Morgan fingerprint density at radius 1 is 0.739 bits per heavy atom. The van der Waals surface area contributed by atoms with Gasteiger partial charge in [0.1, 0.15) is 11.5 Å². The van der Waals surface area contributed by atoms with Crippen LogP contribution in [0.4, 0.5) is 0 Å². The maximum absolute atomic E-state index is 5.56. The minimum absolute atomic E-state index is 0.905. The van der Waals surface area contributed by atoms with Crippen molar-refractivity contribution in [3.63, 3.8) is 0 Å². The second kappa shape index (κ2) is 9.40. The molecule has 0 aliphatic rings. The molecule has 0 fully saturated rings. The molecule has 124 valence electrons. The van der Waals surface area contributed by atoms with Gasteiger partial charge in [0.2, 0.25) is 0 Å². The zero-order valence-electron chi connectivity index (χ0n) is 13.9. The van der Waals surface area contributed by atoms with Gasteiger partial charge in [-0.3, -0.25) is 0 Å². The van der Waals surface area contributed by atoms with Crippen molar-refractivity contribution in [3.8, 4) is 11.5 Å². The maximum Gasteiger partial charge on any atom is 0.133 e. The second-order valence-corrected chi connectivity index (χ2v) is 8.35. The topological polar surface area (TPSA) is 18.5 Å². The second-order valence-electron chi connectivity index (χ2n) is 4.59. The molecule has 0 aliphatic heterocycles. The standard InChI is InChI=1S/C18H22O2S3/c1-5-21-13-7-9-17(15(11-13)19-3)23-18-10-8-14(22-6-2)12-16(18)20-4/h7-12H,5-6H2,1-4H3. The normalized spacial score (nSPS) is 10.6. The number of methoxy groups -OCH3 is 2. The third-order valence-corrected chi connectivity index (χ3v) is 5.98. The van der Waals surface area contributed by atoms with Gasteiger partial charge < -0.3 is 9.47 Å². The van der Waals surface area contributed by atoms with E-state index >= 15 is 0 Å². The first-order valence-electron chi connectivity index (χ1n) is 7.51. The molecule has 0 saturated heterocycles. The van der Waals surface area contributed by atoms with E-state index in [1.807, 2.05) is 23.5 Å². The molecule has 0 amide bonds. The van der Waals surface area contributed by atoms with Gasteiger partial charge in [0.05, 0.1) is 24.0 Å². The van der Waals surface area contributed by atoms with Gasteiger partial charge in [-0.1, -0.05) is 25.6 Å². The lowest BCUT2D eigenvalue weighted by atomic mass is 10.3. The molecular weight excluding hydrogens is 344 g/mol. The first kappa shape index (κ1) is 18.4. The van der Waals surface area contributed by atoms with E-state index in [-0.39, 0.29) is 0 Å². The lowest BCUT2D eigenvalue weighted by molar-refractivity contribution is 0.401. The van der Waals surface area contributed by atoms with Crippen LogP contribution in [-0.4, -0.2) is 25.7 Å². The molecule has 0 atom stereocenters. The number of benzene rings is 2. The predicted molar refractivity (Wildman–Crippen MR) is 103 cm³/mol. The fourth-order valence-corrected chi connectivity index (χ4v) is 4.47. The molecule has 0 unspecified atom stereocenters. The van der Waals surface area contributed by atoms with E-state index < -0.39 is 0 Å². The third kappa shape index (κ3) is 5.03. The molecule has 2 nitrogen and oxygen atoms in total. The average molecular weight is 367 g/mol. The van der Waals surface area contributed by atoms with Crippen molar-refractivity contribution < 1.29 is 9.47 Å². The first-order chi connectivity index (χ1) is 11.2. The van der Waals surface area contributed by atoms with Gasteiger partial charge in [0, 0.05) is 9.79 Å². The minimum atomic E-state index is 0.905. The summed E-state index contributed by atoms with van der Waals surface area (Å²) in [5, 5.41) is 0. The summed E-state index contributed by atoms with van der Waals surface area (Å²) in [5.41, 5.74) is 0. The van der Waals surface area contributed by atoms with Crippen LogP contribution in [0.25, 0.3) is 0 Å². The highest BCUT2D eigenvalue weighted by Gasteiger charge is 2.11. The smallest absolute Gasteiger partial charge is 0.133 e. The third-order valence-electron chi connectivity index (χ3n) is 3.11. The summed E-state index contributed by atoms with van der Waals surface area (Å²) < 4.78 is 11.1. The Hall–Kier alpha value is -0.910. The Morgan fingerprint density at radius 3 is 1.52 bits per heavy atom. The first-order valence-corrected chi connectivity index (χ1v) is 10.3. The van der Waals surface area contributed by atoms with Crippen molar-refractivity contribution in [1.29, 1.82) is 0 Å². The number of hydrogen-bond acceptors (Lipinski definition) is 5. The van der Waals surface area contributed by atoms with Crippen LogP contribution in [0.5, 0.6) is 11.5 Å². The summed E-state index contributed by atoms with van der Waals surface area (Å²) in [6.07, 6.45) is 0. The van der Waals surface area contributed by atoms with E-state index in [9.17, 15) is 0 Å². The zero-order valence-corrected chi connectivity index (χ0v) is 16.4. The van der Waals surface area contributed by atoms with Gasteiger partial charge in [0.25, 0.3) is 0 Å². The molecule has 0 heterocycles. The average Bonchev–Trinajstić information content (AvgIpc) is 2.57. The summed E-state index contributed by atoms with van der Waals surface area (Å²) >= 11 is 5.31. The quantitative estimate of drug-likeness (QED) is 0.526. The van der Waals surface area contributed by atoms with Gasteiger partial charge in [-0.25, -0.2) is 0 Å². The molecule has 0 aliphatic carbocycles. The Labute approximate surface area is 151 Å². The highest BCUT2D eigenvalue weighted by atomic mass is 32.2. The van der Waals surface area contributed by atoms with Gasteiger partial charge >= 0.3 is 0 Å². The Bertz CT molecular complexity index is 589. The highest BCUT2D eigenvalue weighted by molar-refractivity contribution is 8.00. The molecule has 5 heteroatoms. The predicted octanol–water partition coefficient (Wildman–Crippen LogP) is 6.08. The van der Waals surface area contributed by atoms with Crippen LogP contribution in [-0.2, 0) is 0 Å². The molecular formula is C18H22O2S3. The number of thioether (sulfide) groups is 2. The van der Waals surface area contributed by atoms with E-state index in [1.165, 1.54) is 9.79 Å². The van der Waals surface area contributed by atoms with E-state index in [1.54, 1.807) is 26.0 Å². The van der Waals surface area contributed by atoms with E-state index in [4.69, 9.17) is 9.47 Å². The van der Waals surface area contributed by atoms with Crippen LogP contribution in [0.3, 0.4) is 0 Å². The molecule has 0 spiro atoms. The molecule has 23 heavy (non-hydrogen) atoms. The van der Waals surface area contributed by atoms with Crippen LogP contribution in [0.15, 0.2) is 56.0 Å². The lowest BCUT2D eigenvalue weighted by Crippen LogP contribution is -1.90. The molecule has 2 aromatic carbocycles. The molecule has 0 bridgehead atoms. The van der Waals surface area contributed by atoms with Crippen molar-refractivity contribution in [2.24, 2.45) is 0 Å². The highest BCUT2D eigenvalue weighted by Crippen LogP contribution is 2.42. The summed E-state index contributed by atoms with van der Waals surface area (Å²) in [6.45, 7) is 4.31. The van der Waals surface area contributed by atoms with Crippen molar-refractivity contribution >= 4 is 35.3 Å². The fourth-order valence-electron chi connectivity index (χ4n) is 2.10. The van der Waals surface area contributed by atoms with Crippen molar-refractivity contribution in [1.82, 2.24) is 0 Å². The van der Waals surface area contributed by atoms with Crippen molar-refractivity contribution in [3.05, 3.63) is 36.4 Å². The minimum Gasteiger partial charge on any atom is -0.496 e. The van der Waals surface area contributed by atoms with E-state index in [0.717, 1.165) is 32.8 Å². The number of ether oxygens (including phenoxy) is 2. The van der Waals surface area contributed by atoms with Gasteiger partial charge in [-0.2, -0.15) is 0 Å². The van der Waals surface area contributed by atoms with Gasteiger partial charge in [-0.05, 0) is 47.9 Å². The lowest BCUT2D eigenvalue weighted by Gasteiger charge is -2.13. The van der Waals surface area contributed by atoms with Crippen LogP contribution in [0.1, 0.15) is 13.8 Å². The van der Waals surface area contributed by atoms with Crippen LogP contribution < -0.4 is 9.47 Å². The Morgan fingerprint density at radius 2 is 1.17 bits per heavy atom.